The lowest BCUT2D eigenvalue weighted by atomic mass is 10.2. The summed E-state index contributed by atoms with van der Waals surface area (Å²) in [5, 5.41) is 3.25. The fourth-order valence-electron chi connectivity index (χ4n) is 2.54. The SMILES string of the molecule is CCNCCc1ccc(S(=O)(=O)NCC2CCCN2C)s1. The Balaban J connectivity index is 1.89. The first kappa shape index (κ1) is 16.9. The zero-order valence-corrected chi connectivity index (χ0v) is 14.4. The molecule has 0 spiro atoms. The van der Waals surface area contributed by atoms with Crippen LogP contribution in [0.5, 0.6) is 0 Å². The molecule has 1 aliphatic heterocycles. The van der Waals surface area contributed by atoms with E-state index in [1.54, 1.807) is 6.07 Å². The van der Waals surface area contributed by atoms with Gasteiger partial charge in [0.15, 0.2) is 0 Å². The second-order valence-electron chi connectivity index (χ2n) is 5.45. The normalized spacial score (nSPS) is 20.2. The number of nitrogens with zero attached hydrogens (tertiary/aromatic N) is 1. The minimum Gasteiger partial charge on any atom is -0.317 e. The molecule has 2 N–H and O–H groups in total. The van der Waals surface area contributed by atoms with E-state index in [2.05, 4.69) is 28.9 Å². The van der Waals surface area contributed by atoms with Gasteiger partial charge < -0.3 is 10.2 Å². The van der Waals surface area contributed by atoms with Crippen LogP contribution in [-0.2, 0) is 16.4 Å². The van der Waals surface area contributed by atoms with Gasteiger partial charge in [-0.2, -0.15) is 0 Å². The Bertz CT molecular complexity index is 542. The van der Waals surface area contributed by atoms with Crippen molar-refractivity contribution in [1.29, 1.82) is 0 Å². The molecule has 1 unspecified atom stereocenters. The van der Waals surface area contributed by atoms with Gasteiger partial charge in [-0.3, -0.25) is 0 Å². The summed E-state index contributed by atoms with van der Waals surface area (Å²) in [5.41, 5.74) is 0. The number of hydrogen-bond acceptors (Lipinski definition) is 5. The van der Waals surface area contributed by atoms with Crippen molar-refractivity contribution in [1.82, 2.24) is 14.9 Å². The van der Waals surface area contributed by atoms with Crippen LogP contribution in [0.1, 0.15) is 24.6 Å². The van der Waals surface area contributed by atoms with Crippen molar-refractivity contribution in [2.24, 2.45) is 0 Å². The van der Waals surface area contributed by atoms with Crippen LogP contribution in [0.25, 0.3) is 0 Å². The fraction of sp³-hybridized carbons (Fsp3) is 0.714. The van der Waals surface area contributed by atoms with Crippen LogP contribution in [0.2, 0.25) is 0 Å². The van der Waals surface area contributed by atoms with Crippen LogP contribution in [0, 0.1) is 0 Å². The third-order valence-electron chi connectivity index (χ3n) is 3.88. The summed E-state index contributed by atoms with van der Waals surface area (Å²) in [6.07, 6.45) is 3.09. The van der Waals surface area contributed by atoms with Crippen LogP contribution in [0.4, 0.5) is 0 Å². The lowest BCUT2D eigenvalue weighted by Gasteiger charge is -2.19. The van der Waals surface area contributed by atoms with Crippen molar-refractivity contribution >= 4 is 21.4 Å². The largest absolute Gasteiger partial charge is 0.317 e. The third kappa shape index (κ3) is 4.75. The fourth-order valence-corrected chi connectivity index (χ4v) is 5.01. The molecule has 1 aliphatic rings. The topological polar surface area (TPSA) is 61.4 Å². The van der Waals surface area contributed by atoms with Gasteiger partial charge >= 0.3 is 0 Å². The molecule has 1 atom stereocenters. The van der Waals surface area contributed by atoms with Crippen molar-refractivity contribution in [3.8, 4) is 0 Å². The summed E-state index contributed by atoms with van der Waals surface area (Å²) < 4.78 is 27.8. The van der Waals surface area contributed by atoms with Gasteiger partial charge in [-0.25, -0.2) is 13.1 Å². The van der Waals surface area contributed by atoms with Crippen molar-refractivity contribution < 1.29 is 8.42 Å². The van der Waals surface area contributed by atoms with Gasteiger partial charge in [-0.05, 0) is 58.1 Å². The maximum atomic E-state index is 12.3. The van der Waals surface area contributed by atoms with Gasteiger partial charge in [0.1, 0.15) is 4.21 Å². The second kappa shape index (κ2) is 7.69. The first-order valence-corrected chi connectivity index (χ1v) is 9.82. The van der Waals surface area contributed by atoms with Crippen LogP contribution in [0.15, 0.2) is 16.3 Å². The standard InChI is InChI=1S/C14H25N3O2S2/c1-3-15-9-8-13-6-7-14(20-13)21(18,19)16-11-12-5-4-10-17(12)2/h6-7,12,15-16H,3-5,8-11H2,1-2H3. The van der Waals surface area contributed by atoms with Gasteiger partial charge in [0, 0.05) is 17.5 Å². The van der Waals surface area contributed by atoms with Crippen LogP contribution in [-0.4, -0.2) is 52.6 Å². The summed E-state index contributed by atoms with van der Waals surface area (Å²) in [6.45, 7) is 5.45. The summed E-state index contributed by atoms with van der Waals surface area (Å²) in [5.74, 6) is 0. The number of likely N-dealkylation sites (N-methyl/N-ethyl adjacent to an activating group) is 2. The zero-order chi connectivity index (χ0) is 15.3. The number of thiophene rings is 1. The molecule has 7 heteroatoms. The predicted octanol–water partition coefficient (Wildman–Crippen LogP) is 1.27. The summed E-state index contributed by atoms with van der Waals surface area (Å²) >= 11 is 1.37. The Morgan fingerprint density at radius 3 is 2.90 bits per heavy atom. The average Bonchev–Trinajstić information content (AvgIpc) is 3.06. The molecule has 0 radical (unpaired) electrons. The molecule has 21 heavy (non-hydrogen) atoms. The molecule has 0 amide bonds. The van der Waals surface area contributed by atoms with Gasteiger partial charge in [0.2, 0.25) is 10.0 Å². The molecule has 0 aromatic carbocycles. The number of sulfonamides is 1. The highest BCUT2D eigenvalue weighted by Crippen LogP contribution is 2.22. The summed E-state index contributed by atoms with van der Waals surface area (Å²) in [7, 11) is -1.31. The second-order valence-corrected chi connectivity index (χ2v) is 8.61. The van der Waals surface area contributed by atoms with Crippen molar-refractivity contribution in [3.63, 3.8) is 0 Å². The molecule has 1 fully saturated rings. The molecule has 0 aliphatic carbocycles. The molecule has 2 rings (SSSR count). The van der Waals surface area contributed by atoms with Gasteiger partial charge in [0.25, 0.3) is 0 Å². The Morgan fingerprint density at radius 2 is 2.24 bits per heavy atom. The Kier molecular flexibility index (Phi) is 6.19. The number of likely N-dealkylation sites (tertiary alicyclic amines) is 1. The third-order valence-corrected chi connectivity index (χ3v) is 6.94. The van der Waals surface area contributed by atoms with Gasteiger partial charge in [0.05, 0.1) is 0 Å². The highest BCUT2D eigenvalue weighted by atomic mass is 32.2. The molecule has 0 saturated carbocycles. The molecular formula is C14H25N3O2S2. The van der Waals surface area contributed by atoms with E-state index in [9.17, 15) is 8.42 Å². The average molecular weight is 332 g/mol. The maximum absolute atomic E-state index is 12.3. The van der Waals surface area contributed by atoms with Crippen LogP contribution in [0.3, 0.4) is 0 Å². The molecule has 0 bridgehead atoms. The Hall–Kier alpha value is -0.470. The van der Waals surface area contributed by atoms with E-state index >= 15 is 0 Å². The molecule has 1 saturated heterocycles. The molecule has 2 heterocycles. The molecule has 120 valence electrons. The summed E-state index contributed by atoms with van der Waals surface area (Å²) in [4.78, 5) is 3.33. The van der Waals surface area contributed by atoms with E-state index in [0.29, 0.717) is 16.8 Å². The van der Waals surface area contributed by atoms with Crippen molar-refractivity contribution in [2.45, 2.75) is 36.4 Å². The lowest BCUT2D eigenvalue weighted by molar-refractivity contribution is 0.311. The van der Waals surface area contributed by atoms with Crippen molar-refractivity contribution in [2.75, 3.05) is 33.2 Å². The maximum Gasteiger partial charge on any atom is 0.250 e. The van der Waals surface area contributed by atoms with Crippen LogP contribution < -0.4 is 10.0 Å². The molecule has 1 aromatic heterocycles. The van der Waals surface area contributed by atoms with E-state index < -0.39 is 10.0 Å². The monoisotopic (exact) mass is 331 g/mol. The van der Waals surface area contributed by atoms with E-state index in [0.717, 1.165) is 43.8 Å². The molecule has 1 aromatic rings. The lowest BCUT2D eigenvalue weighted by Crippen LogP contribution is -2.37. The highest BCUT2D eigenvalue weighted by Gasteiger charge is 2.24. The molecular weight excluding hydrogens is 306 g/mol. The smallest absolute Gasteiger partial charge is 0.250 e. The first-order valence-electron chi connectivity index (χ1n) is 7.52. The van der Waals surface area contributed by atoms with E-state index in [1.807, 2.05) is 6.07 Å². The number of hydrogen-bond donors (Lipinski definition) is 2. The van der Waals surface area contributed by atoms with Gasteiger partial charge in [-0.15, -0.1) is 11.3 Å². The van der Waals surface area contributed by atoms with E-state index in [-0.39, 0.29) is 0 Å². The quantitative estimate of drug-likeness (QED) is 0.704. The zero-order valence-electron chi connectivity index (χ0n) is 12.8. The Morgan fingerprint density at radius 1 is 1.43 bits per heavy atom. The van der Waals surface area contributed by atoms with Gasteiger partial charge in [-0.1, -0.05) is 6.92 Å². The van der Waals surface area contributed by atoms with Crippen LogP contribution >= 0.6 is 11.3 Å². The molecule has 5 nitrogen and oxygen atoms in total. The predicted molar refractivity (Wildman–Crippen MR) is 87.4 cm³/mol. The summed E-state index contributed by atoms with van der Waals surface area (Å²) in [6, 6.07) is 3.96. The highest BCUT2D eigenvalue weighted by molar-refractivity contribution is 7.91. The van der Waals surface area contributed by atoms with E-state index in [4.69, 9.17) is 0 Å². The number of rotatable bonds is 8. The number of nitrogens with one attached hydrogen (secondary N) is 2. The Labute approximate surface area is 131 Å². The minimum atomic E-state index is -3.36. The minimum absolute atomic E-state index is 0.327. The van der Waals surface area contributed by atoms with Crippen molar-refractivity contribution in [3.05, 3.63) is 17.0 Å². The first-order chi connectivity index (χ1) is 10.0. The van der Waals surface area contributed by atoms with E-state index in [1.165, 1.54) is 11.3 Å².